The molecule has 0 aliphatic carbocycles. The third kappa shape index (κ3) is 2.87. The minimum absolute atomic E-state index is 0.338. The Morgan fingerprint density at radius 2 is 2.12 bits per heavy atom. The lowest BCUT2D eigenvalue weighted by Crippen LogP contribution is -2.17. The quantitative estimate of drug-likeness (QED) is 0.882. The molecular formula is C12H15N3S. The molecule has 0 aromatic carbocycles. The van der Waals surface area contributed by atoms with Gasteiger partial charge in [0.1, 0.15) is 0 Å². The molecule has 2 aromatic heterocycles. The highest BCUT2D eigenvalue weighted by atomic mass is 32.1. The number of pyridine rings is 1. The van der Waals surface area contributed by atoms with Crippen LogP contribution in [0.3, 0.4) is 0 Å². The monoisotopic (exact) mass is 233 g/mol. The van der Waals surface area contributed by atoms with Gasteiger partial charge in [-0.1, -0.05) is 0 Å². The Morgan fingerprint density at radius 1 is 1.38 bits per heavy atom. The first kappa shape index (κ1) is 11.2. The summed E-state index contributed by atoms with van der Waals surface area (Å²) in [4.78, 5) is 9.53. The Bertz CT molecular complexity index is 439. The fourth-order valence-electron chi connectivity index (χ4n) is 1.51. The molecule has 1 N–H and O–H groups in total. The van der Waals surface area contributed by atoms with Crippen molar-refractivity contribution in [3.05, 3.63) is 46.2 Å². The largest absolute Gasteiger partial charge is 0.305 e. The van der Waals surface area contributed by atoms with Crippen LogP contribution in [0.1, 0.15) is 28.4 Å². The molecule has 16 heavy (non-hydrogen) atoms. The molecule has 0 amide bonds. The molecule has 2 rings (SSSR count). The van der Waals surface area contributed by atoms with Crippen molar-refractivity contribution in [3.8, 4) is 0 Å². The van der Waals surface area contributed by atoms with E-state index < -0.39 is 0 Å². The summed E-state index contributed by atoms with van der Waals surface area (Å²) in [5, 5.41) is 4.59. The molecule has 0 saturated heterocycles. The van der Waals surface area contributed by atoms with Gasteiger partial charge in [0.2, 0.25) is 0 Å². The standard InChI is InChI=1S/C12H15N3S/c1-9(11-3-5-13-6-4-11)14-7-12-8-15-10(2)16-12/h3-6,8-9,14H,7H2,1-2H3/t9-/m1/s1. The van der Waals surface area contributed by atoms with Gasteiger partial charge >= 0.3 is 0 Å². The van der Waals surface area contributed by atoms with E-state index >= 15 is 0 Å². The van der Waals surface area contributed by atoms with Crippen molar-refractivity contribution < 1.29 is 0 Å². The molecule has 0 bridgehead atoms. The van der Waals surface area contributed by atoms with E-state index in [4.69, 9.17) is 0 Å². The summed E-state index contributed by atoms with van der Waals surface area (Å²) in [5.74, 6) is 0. The van der Waals surface area contributed by atoms with Gasteiger partial charge in [0.05, 0.1) is 5.01 Å². The molecule has 4 heteroatoms. The van der Waals surface area contributed by atoms with Gasteiger partial charge in [0, 0.05) is 36.1 Å². The Balaban J connectivity index is 1.91. The summed E-state index contributed by atoms with van der Waals surface area (Å²) < 4.78 is 0. The van der Waals surface area contributed by atoms with Gasteiger partial charge in [-0.25, -0.2) is 4.98 Å². The van der Waals surface area contributed by atoms with Crippen molar-refractivity contribution in [1.29, 1.82) is 0 Å². The number of nitrogens with zero attached hydrogens (tertiary/aromatic N) is 2. The molecule has 0 unspecified atom stereocenters. The van der Waals surface area contributed by atoms with Crippen LogP contribution in [-0.4, -0.2) is 9.97 Å². The smallest absolute Gasteiger partial charge is 0.0897 e. The van der Waals surface area contributed by atoms with Gasteiger partial charge in [-0.2, -0.15) is 0 Å². The van der Waals surface area contributed by atoms with Gasteiger partial charge in [0.15, 0.2) is 0 Å². The second-order valence-electron chi connectivity index (χ2n) is 3.73. The predicted molar refractivity (Wildman–Crippen MR) is 66.3 cm³/mol. The molecule has 2 heterocycles. The number of rotatable bonds is 4. The predicted octanol–water partition coefficient (Wildman–Crippen LogP) is 2.70. The normalized spacial score (nSPS) is 12.6. The van der Waals surface area contributed by atoms with Gasteiger partial charge in [0.25, 0.3) is 0 Å². The van der Waals surface area contributed by atoms with E-state index in [9.17, 15) is 0 Å². The molecule has 2 aromatic rings. The first-order chi connectivity index (χ1) is 7.75. The lowest BCUT2D eigenvalue weighted by Gasteiger charge is -2.12. The molecule has 0 spiro atoms. The number of aromatic nitrogens is 2. The molecule has 1 atom stereocenters. The van der Waals surface area contributed by atoms with Crippen LogP contribution in [0.2, 0.25) is 0 Å². The van der Waals surface area contributed by atoms with Crippen LogP contribution in [0, 0.1) is 6.92 Å². The van der Waals surface area contributed by atoms with Crippen LogP contribution >= 0.6 is 11.3 Å². The average molecular weight is 233 g/mol. The van der Waals surface area contributed by atoms with E-state index in [1.54, 1.807) is 11.3 Å². The van der Waals surface area contributed by atoms with E-state index in [1.807, 2.05) is 37.6 Å². The molecule has 0 saturated carbocycles. The second-order valence-corrected chi connectivity index (χ2v) is 5.05. The average Bonchev–Trinajstić information content (AvgIpc) is 2.73. The van der Waals surface area contributed by atoms with Crippen molar-refractivity contribution in [1.82, 2.24) is 15.3 Å². The third-order valence-electron chi connectivity index (χ3n) is 2.46. The van der Waals surface area contributed by atoms with Crippen LogP contribution in [0.15, 0.2) is 30.7 Å². The van der Waals surface area contributed by atoms with Crippen molar-refractivity contribution in [2.24, 2.45) is 0 Å². The summed E-state index contributed by atoms with van der Waals surface area (Å²) in [6.07, 6.45) is 5.58. The number of nitrogens with one attached hydrogen (secondary N) is 1. The SMILES string of the molecule is Cc1ncc(CN[C@H](C)c2ccncc2)s1. The van der Waals surface area contributed by atoms with Gasteiger partial charge in [-0.05, 0) is 31.5 Å². The summed E-state index contributed by atoms with van der Waals surface area (Å²) >= 11 is 1.74. The lowest BCUT2D eigenvalue weighted by molar-refractivity contribution is 0.578. The van der Waals surface area contributed by atoms with Crippen molar-refractivity contribution in [3.63, 3.8) is 0 Å². The molecule has 0 radical (unpaired) electrons. The van der Waals surface area contributed by atoms with Gasteiger partial charge in [-0.3, -0.25) is 4.98 Å². The zero-order valence-electron chi connectivity index (χ0n) is 9.47. The molecule has 0 aliphatic heterocycles. The fraction of sp³-hybridized carbons (Fsp3) is 0.333. The third-order valence-corrected chi connectivity index (χ3v) is 3.37. The zero-order chi connectivity index (χ0) is 11.4. The van der Waals surface area contributed by atoms with E-state index in [-0.39, 0.29) is 0 Å². The highest BCUT2D eigenvalue weighted by Crippen LogP contribution is 2.14. The summed E-state index contributed by atoms with van der Waals surface area (Å²) in [6.45, 7) is 5.05. The van der Waals surface area contributed by atoms with Gasteiger partial charge in [-0.15, -0.1) is 11.3 Å². The Kier molecular flexibility index (Phi) is 3.64. The number of aryl methyl sites for hydroxylation is 1. The maximum Gasteiger partial charge on any atom is 0.0897 e. The Hall–Kier alpha value is -1.26. The molecular weight excluding hydrogens is 218 g/mol. The minimum atomic E-state index is 0.338. The van der Waals surface area contributed by atoms with Crippen LogP contribution in [0.4, 0.5) is 0 Å². The van der Waals surface area contributed by atoms with E-state index in [0.717, 1.165) is 11.6 Å². The Morgan fingerprint density at radius 3 is 2.75 bits per heavy atom. The van der Waals surface area contributed by atoms with E-state index in [1.165, 1.54) is 10.4 Å². The second kappa shape index (κ2) is 5.18. The number of hydrogen-bond donors (Lipinski definition) is 1. The molecule has 0 aliphatic rings. The number of hydrogen-bond acceptors (Lipinski definition) is 4. The number of thiazole rings is 1. The summed E-state index contributed by atoms with van der Waals surface area (Å²) in [5.41, 5.74) is 1.26. The van der Waals surface area contributed by atoms with Crippen molar-refractivity contribution >= 4 is 11.3 Å². The van der Waals surface area contributed by atoms with E-state index in [2.05, 4.69) is 22.2 Å². The van der Waals surface area contributed by atoms with Crippen molar-refractivity contribution in [2.45, 2.75) is 26.4 Å². The Labute approximate surface area is 99.6 Å². The first-order valence-corrected chi connectivity index (χ1v) is 6.12. The summed E-state index contributed by atoms with van der Waals surface area (Å²) in [7, 11) is 0. The molecule has 3 nitrogen and oxygen atoms in total. The molecule has 0 fully saturated rings. The highest BCUT2D eigenvalue weighted by Gasteiger charge is 2.05. The van der Waals surface area contributed by atoms with Crippen LogP contribution in [0.25, 0.3) is 0 Å². The zero-order valence-corrected chi connectivity index (χ0v) is 10.3. The van der Waals surface area contributed by atoms with Crippen LogP contribution in [0.5, 0.6) is 0 Å². The topological polar surface area (TPSA) is 37.8 Å². The minimum Gasteiger partial charge on any atom is -0.305 e. The fourth-order valence-corrected chi connectivity index (χ4v) is 2.26. The molecule has 84 valence electrons. The maximum absolute atomic E-state index is 4.24. The summed E-state index contributed by atoms with van der Waals surface area (Å²) in [6, 6.07) is 4.41. The van der Waals surface area contributed by atoms with E-state index in [0.29, 0.717) is 6.04 Å². The maximum atomic E-state index is 4.24. The highest BCUT2D eigenvalue weighted by molar-refractivity contribution is 7.11. The van der Waals surface area contributed by atoms with Gasteiger partial charge < -0.3 is 5.32 Å². The van der Waals surface area contributed by atoms with Crippen LogP contribution in [-0.2, 0) is 6.54 Å². The van der Waals surface area contributed by atoms with Crippen molar-refractivity contribution in [2.75, 3.05) is 0 Å². The van der Waals surface area contributed by atoms with Crippen LogP contribution < -0.4 is 5.32 Å². The lowest BCUT2D eigenvalue weighted by atomic mass is 10.1. The first-order valence-electron chi connectivity index (χ1n) is 5.30.